The summed E-state index contributed by atoms with van der Waals surface area (Å²) in [5.41, 5.74) is 1.47. The molecule has 96 valence electrons. The average Bonchev–Trinajstić information content (AvgIpc) is 2.66. The first-order valence-electron chi connectivity index (χ1n) is 6.95. The molecule has 1 spiro atoms. The highest BCUT2D eigenvalue weighted by atomic mass is 16.2. The summed E-state index contributed by atoms with van der Waals surface area (Å²) >= 11 is 0. The van der Waals surface area contributed by atoms with Gasteiger partial charge in [-0.3, -0.25) is 4.79 Å². The Balaban J connectivity index is 1.84. The molecule has 2 heteroatoms. The maximum Gasteiger partial charge on any atom is 0.221 e. The van der Waals surface area contributed by atoms with Crippen LogP contribution in [0.25, 0.3) is 0 Å². The van der Waals surface area contributed by atoms with Crippen LogP contribution in [0, 0.1) is 17.3 Å². The first kappa shape index (κ1) is 11.8. The number of benzene rings is 1. The SMILES string of the molecule is CC(C)C1CC2(CC(=O)NC2c2ccccc2)C1. The summed E-state index contributed by atoms with van der Waals surface area (Å²) in [4.78, 5) is 11.8. The van der Waals surface area contributed by atoms with E-state index in [2.05, 4.69) is 43.4 Å². The van der Waals surface area contributed by atoms with Crippen molar-refractivity contribution in [1.29, 1.82) is 0 Å². The Hall–Kier alpha value is -1.31. The molecule has 1 aromatic rings. The van der Waals surface area contributed by atoms with E-state index in [4.69, 9.17) is 0 Å². The third kappa shape index (κ3) is 1.75. The third-order valence-electron chi connectivity index (χ3n) is 4.84. The van der Waals surface area contributed by atoms with E-state index in [1.54, 1.807) is 0 Å². The highest BCUT2D eigenvalue weighted by Gasteiger charge is 2.55. The van der Waals surface area contributed by atoms with Gasteiger partial charge in [0.25, 0.3) is 0 Å². The zero-order valence-electron chi connectivity index (χ0n) is 11.1. The number of hydrogen-bond donors (Lipinski definition) is 1. The first-order valence-corrected chi connectivity index (χ1v) is 6.95. The van der Waals surface area contributed by atoms with Gasteiger partial charge in [-0.25, -0.2) is 0 Å². The Morgan fingerprint density at radius 1 is 1.22 bits per heavy atom. The third-order valence-corrected chi connectivity index (χ3v) is 4.84. The molecule has 1 aliphatic heterocycles. The second-order valence-corrected chi connectivity index (χ2v) is 6.36. The highest BCUT2D eigenvalue weighted by Crippen LogP contribution is 2.60. The maximum absolute atomic E-state index is 11.8. The molecule has 2 aliphatic rings. The van der Waals surface area contributed by atoms with Crippen molar-refractivity contribution in [3.05, 3.63) is 35.9 Å². The van der Waals surface area contributed by atoms with Crippen molar-refractivity contribution in [3.63, 3.8) is 0 Å². The van der Waals surface area contributed by atoms with E-state index >= 15 is 0 Å². The molecule has 1 N–H and O–H groups in total. The lowest BCUT2D eigenvalue weighted by Crippen LogP contribution is -2.43. The second kappa shape index (κ2) is 4.11. The standard InChI is InChI=1S/C16H21NO/c1-11(2)13-8-16(9-13)10-14(18)17-15(16)12-6-4-3-5-7-12/h3-7,11,13,15H,8-10H2,1-2H3,(H,17,18). The van der Waals surface area contributed by atoms with Gasteiger partial charge in [-0.1, -0.05) is 44.2 Å². The van der Waals surface area contributed by atoms with Crippen LogP contribution in [0.1, 0.15) is 44.7 Å². The molecule has 1 atom stereocenters. The van der Waals surface area contributed by atoms with Crippen LogP contribution < -0.4 is 5.32 Å². The zero-order chi connectivity index (χ0) is 12.8. The van der Waals surface area contributed by atoms with Crippen LogP contribution in [0.2, 0.25) is 0 Å². The monoisotopic (exact) mass is 243 g/mol. The van der Waals surface area contributed by atoms with Gasteiger partial charge in [0.15, 0.2) is 0 Å². The van der Waals surface area contributed by atoms with Crippen molar-refractivity contribution in [3.8, 4) is 0 Å². The van der Waals surface area contributed by atoms with Crippen molar-refractivity contribution in [2.75, 3.05) is 0 Å². The molecule has 1 heterocycles. The summed E-state index contributed by atoms with van der Waals surface area (Å²) in [5.74, 6) is 1.76. The summed E-state index contributed by atoms with van der Waals surface area (Å²) in [6, 6.07) is 10.7. The minimum atomic E-state index is 0.202. The molecule has 2 fully saturated rings. The van der Waals surface area contributed by atoms with Gasteiger partial charge in [0.2, 0.25) is 5.91 Å². The smallest absolute Gasteiger partial charge is 0.221 e. The Morgan fingerprint density at radius 2 is 1.89 bits per heavy atom. The molecule has 3 rings (SSSR count). The average molecular weight is 243 g/mol. The summed E-state index contributed by atoms with van der Waals surface area (Å²) in [6.45, 7) is 4.58. The molecular weight excluding hydrogens is 222 g/mol. The van der Waals surface area contributed by atoms with Crippen LogP contribution in [-0.2, 0) is 4.79 Å². The first-order chi connectivity index (χ1) is 8.61. The second-order valence-electron chi connectivity index (χ2n) is 6.36. The predicted molar refractivity (Wildman–Crippen MR) is 71.9 cm³/mol. The normalized spacial score (nSPS) is 34.7. The van der Waals surface area contributed by atoms with Crippen molar-refractivity contribution in [1.82, 2.24) is 5.32 Å². The van der Waals surface area contributed by atoms with E-state index in [0.29, 0.717) is 0 Å². The fourth-order valence-corrected chi connectivity index (χ4v) is 3.71. The van der Waals surface area contributed by atoms with Crippen LogP contribution in [-0.4, -0.2) is 5.91 Å². The van der Waals surface area contributed by atoms with Crippen molar-refractivity contribution in [2.24, 2.45) is 17.3 Å². The quantitative estimate of drug-likeness (QED) is 0.848. The van der Waals surface area contributed by atoms with Gasteiger partial charge < -0.3 is 5.32 Å². The number of nitrogens with one attached hydrogen (secondary N) is 1. The molecule has 1 saturated carbocycles. The van der Waals surface area contributed by atoms with E-state index in [-0.39, 0.29) is 17.4 Å². The lowest BCUT2D eigenvalue weighted by Gasteiger charge is -2.50. The van der Waals surface area contributed by atoms with Gasteiger partial charge in [-0.2, -0.15) is 0 Å². The maximum atomic E-state index is 11.8. The minimum Gasteiger partial charge on any atom is -0.349 e. The number of carbonyl (C=O) groups is 1. The largest absolute Gasteiger partial charge is 0.349 e. The van der Waals surface area contributed by atoms with Gasteiger partial charge in [0, 0.05) is 11.8 Å². The summed E-state index contributed by atoms with van der Waals surface area (Å²) in [7, 11) is 0. The van der Waals surface area contributed by atoms with Crippen LogP contribution in [0.15, 0.2) is 30.3 Å². The number of amides is 1. The Labute approximate surface area is 109 Å². The molecule has 2 nitrogen and oxygen atoms in total. The molecule has 1 aliphatic carbocycles. The molecule has 0 radical (unpaired) electrons. The minimum absolute atomic E-state index is 0.202. The summed E-state index contributed by atoms with van der Waals surface area (Å²) < 4.78 is 0. The van der Waals surface area contributed by atoms with Gasteiger partial charge in [0.05, 0.1) is 6.04 Å². The molecule has 0 bridgehead atoms. The van der Waals surface area contributed by atoms with Gasteiger partial charge >= 0.3 is 0 Å². The fraction of sp³-hybridized carbons (Fsp3) is 0.562. The summed E-state index contributed by atoms with van der Waals surface area (Å²) in [6.07, 6.45) is 3.11. The fourth-order valence-electron chi connectivity index (χ4n) is 3.71. The van der Waals surface area contributed by atoms with E-state index in [1.807, 2.05) is 6.07 Å². The van der Waals surface area contributed by atoms with Gasteiger partial charge in [0.1, 0.15) is 0 Å². The van der Waals surface area contributed by atoms with Gasteiger partial charge in [-0.05, 0) is 30.2 Å². The van der Waals surface area contributed by atoms with Crippen LogP contribution >= 0.6 is 0 Å². The van der Waals surface area contributed by atoms with Crippen LogP contribution in [0.3, 0.4) is 0 Å². The summed E-state index contributed by atoms with van der Waals surface area (Å²) in [5, 5.41) is 3.18. The Bertz CT molecular complexity index is 445. The van der Waals surface area contributed by atoms with Crippen LogP contribution in [0.4, 0.5) is 0 Å². The molecule has 1 amide bonds. The molecule has 0 aromatic heterocycles. The van der Waals surface area contributed by atoms with Crippen LogP contribution in [0.5, 0.6) is 0 Å². The topological polar surface area (TPSA) is 29.1 Å². The zero-order valence-corrected chi connectivity index (χ0v) is 11.1. The molecule has 18 heavy (non-hydrogen) atoms. The lowest BCUT2D eigenvalue weighted by molar-refractivity contribution is -0.120. The van der Waals surface area contributed by atoms with Crippen molar-refractivity contribution in [2.45, 2.75) is 39.2 Å². The number of carbonyl (C=O) groups excluding carboxylic acids is 1. The van der Waals surface area contributed by atoms with E-state index in [0.717, 1.165) is 18.3 Å². The predicted octanol–water partition coefficient (Wildman–Crippen LogP) is 3.30. The van der Waals surface area contributed by atoms with E-state index in [9.17, 15) is 4.79 Å². The Kier molecular flexibility index (Phi) is 2.69. The van der Waals surface area contributed by atoms with E-state index in [1.165, 1.54) is 18.4 Å². The van der Waals surface area contributed by atoms with E-state index < -0.39 is 0 Å². The van der Waals surface area contributed by atoms with Crippen molar-refractivity contribution < 1.29 is 4.79 Å². The molecule has 1 aromatic carbocycles. The van der Waals surface area contributed by atoms with Gasteiger partial charge in [-0.15, -0.1) is 0 Å². The van der Waals surface area contributed by atoms with Crippen molar-refractivity contribution >= 4 is 5.91 Å². The molecule has 1 unspecified atom stereocenters. The molecule has 1 saturated heterocycles. The molecular formula is C16H21NO. The number of hydrogen-bond acceptors (Lipinski definition) is 1. The highest BCUT2D eigenvalue weighted by molar-refractivity contribution is 5.80. The lowest BCUT2D eigenvalue weighted by atomic mass is 9.54. The number of rotatable bonds is 2. The Morgan fingerprint density at radius 3 is 2.50 bits per heavy atom.